The molecule has 0 fully saturated rings. The molecule has 0 aromatic rings. The lowest BCUT2D eigenvalue weighted by Gasteiger charge is -2.14. The molecule has 0 bridgehead atoms. The molecule has 2 aliphatic heterocycles. The van der Waals surface area contributed by atoms with Crippen LogP contribution in [0.1, 0.15) is 12.8 Å². The molecule has 0 aromatic heterocycles. The van der Waals surface area contributed by atoms with Crippen molar-refractivity contribution in [2.75, 3.05) is 6.54 Å². The first-order valence-corrected chi connectivity index (χ1v) is 5.79. The number of imide groups is 2. The standard InChI is InChI=1S/C12H10N2O6/c15-8-3-4-9(16)13(8)7-1-2-12(19)20-14-10(17)5-6-11(14)18/h3-6H,1-2,7H2. The Hall–Kier alpha value is -2.77. The Labute approximate surface area is 113 Å². The molecule has 0 aliphatic carbocycles. The summed E-state index contributed by atoms with van der Waals surface area (Å²) in [6.45, 7) is 0.0694. The van der Waals surface area contributed by atoms with Crippen molar-refractivity contribution >= 4 is 29.6 Å². The number of carbonyl (C=O) groups is 5. The van der Waals surface area contributed by atoms with Gasteiger partial charge in [0.05, 0.1) is 0 Å². The fourth-order valence-electron chi connectivity index (χ4n) is 1.66. The first kappa shape index (κ1) is 13.7. The van der Waals surface area contributed by atoms with Crippen LogP contribution in [0.25, 0.3) is 0 Å². The van der Waals surface area contributed by atoms with E-state index in [-0.39, 0.29) is 19.4 Å². The van der Waals surface area contributed by atoms with E-state index < -0.39 is 29.6 Å². The van der Waals surface area contributed by atoms with E-state index in [2.05, 4.69) is 4.84 Å². The van der Waals surface area contributed by atoms with Gasteiger partial charge in [-0.15, -0.1) is 0 Å². The Morgan fingerprint density at radius 2 is 1.40 bits per heavy atom. The molecule has 0 aromatic carbocycles. The molecule has 2 heterocycles. The minimum absolute atomic E-state index is 0.0694. The van der Waals surface area contributed by atoms with Crippen LogP contribution >= 0.6 is 0 Å². The average molecular weight is 278 g/mol. The maximum atomic E-state index is 11.4. The Kier molecular flexibility index (Phi) is 3.74. The molecule has 8 nitrogen and oxygen atoms in total. The lowest BCUT2D eigenvalue weighted by atomic mass is 10.3. The van der Waals surface area contributed by atoms with E-state index in [1.54, 1.807) is 0 Å². The number of hydrogen-bond acceptors (Lipinski definition) is 6. The highest BCUT2D eigenvalue weighted by molar-refractivity contribution is 6.13. The number of hydroxylamine groups is 2. The number of rotatable bonds is 5. The van der Waals surface area contributed by atoms with Crippen LogP contribution in [0, 0.1) is 0 Å². The first-order valence-electron chi connectivity index (χ1n) is 5.79. The largest absolute Gasteiger partial charge is 0.333 e. The zero-order chi connectivity index (χ0) is 14.7. The smallest absolute Gasteiger partial charge is 0.330 e. The third-order valence-corrected chi connectivity index (χ3v) is 2.63. The van der Waals surface area contributed by atoms with Crippen LogP contribution in [0.4, 0.5) is 0 Å². The van der Waals surface area contributed by atoms with Crippen molar-refractivity contribution < 1.29 is 28.8 Å². The summed E-state index contributed by atoms with van der Waals surface area (Å²) in [6, 6.07) is 0. The average Bonchev–Trinajstić information content (AvgIpc) is 2.88. The van der Waals surface area contributed by atoms with Gasteiger partial charge in [0.1, 0.15) is 0 Å². The molecule has 0 saturated heterocycles. The van der Waals surface area contributed by atoms with Crippen molar-refractivity contribution in [1.82, 2.24) is 9.96 Å². The summed E-state index contributed by atoms with van der Waals surface area (Å²) >= 11 is 0. The van der Waals surface area contributed by atoms with Gasteiger partial charge in [-0.25, -0.2) is 4.79 Å². The summed E-state index contributed by atoms with van der Waals surface area (Å²) in [5, 5.41) is 0.357. The molecule has 20 heavy (non-hydrogen) atoms. The van der Waals surface area contributed by atoms with Crippen LogP contribution in [0.2, 0.25) is 0 Å². The second kappa shape index (κ2) is 5.47. The van der Waals surface area contributed by atoms with Crippen LogP contribution in [0.15, 0.2) is 24.3 Å². The van der Waals surface area contributed by atoms with Gasteiger partial charge in [-0.1, -0.05) is 5.06 Å². The maximum Gasteiger partial charge on any atom is 0.333 e. The predicted molar refractivity (Wildman–Crippen MR) is 62.2 cm³/mol. The van der Waals surface area contributed by atoms with Crippen molar-refractivity contribution in [2.45, 2.75) is 12.8 Å². The van der Waals surface area contributed by atoms with Gasteiger partial charge in [0.25, 0.3) is 23.6 Å². The first-order chi connectivity index (χ1) is 9.49. The second-order valence-corrected chi connectivity index (χ2v) is 4.03. The molecule has 0 unspecified atom stereocenters. The minimum atomic E-state index is -0.789. The van der Waals surface area contributed by atoms with E-state index in [9.17, 15) is 24.0 Å². The summed E-state index contributed by atoms with van der Waals surface area (Å²) in [7, 11) is 0. The molecular weight excluding hydrogens is 268 g/mol. The van der Waals surface area contributed by atoms with Gasteiger partial charge in [0, 0.05) is 37.3 Å². The molecule has 0 atom stereocenters. The molecule has 2 rings (SSSR count). The Bertz CT molecular complexity index is 526. The van der Waals surface area contributed by atoms with Crippen LogP contribution in [0.3, 0.4) is 0 Å². The van der Waals surface area contributed by atoms with E-state index in [0.717, 1.165) is 29.2 Å². The predicted octanol–water partition coefficient (Wildman–Crippen LogP) is -0.925. The number of carbonyl (C=O) groups excluding carboxylic acids is 5. The fraction of sp³-hybridized carbons (Fsp3) is 0.250. The quantitative estimate of drug-likeness (QED) is 0.602. The van der Waals surface area contributed by atoms with Crippen LogP contribution in [0.5, 0.6) is 0 Å². The van der Waals surface area contributed by atoms with Gasteiger partial charge in [-0.3, -0.25) is 24.1 Å². The van der Waals surface area contributed by atoms with Crippen LogP contribution < -0.4 is 0 Å². The monoisotopic (exact) mass is 278 g/mol. The number of hydrogen-bond donors (Lipinski definition) is 0. The van der Waals surface area contributed by atoms with Gasteiger partial charge >= 0.3 is 5.97 Å². The van der Waals surface area contributed by atoms with Crippen molar-refractivity contribution in [3.63, 3.8) is 0 Å². The van der Waals surface area contributed by atoms with Crippen molar-refractivity contribution in [3.8, 4) is 0 Å². The van der Waals surface area contributed by atoms with Gasteiger partial charge in [-0.05, 0) is 6.42 Å². The fourth-order valence-corrected chi connectivity index (χ4v) is 1.66. The van der Waals surface area contributed by atoms with Crippen molar-refractivity contribution in [2.24, 2.45) is 0 Å². The Balaban J connectivity index is 1.73. The summed E-state index contributed by atoms with van der Waals surface area (Å²) in [5.74, 6) is -3.10. The lowest BCUT2D eigenvalue weighted by Crippen LogP contribution is -2.34. The highest BCUT2D eigenvalue weighted by Gasteiger charge is 2.28. The maximum absolute atomic E-state index is 11.4. The third kappa shape index (κ3) is 2.79. The number of nitrogens with zero attached hydrogens (tertiary/aromatic N) is 2. The molecule has 0 N–H and O–H groups in total. The van der Waals surface area contributed by atoms with Crippen LogP contribution in [-0.2, 0) is 28.8 Å². The Morgan fingerprint density at radius 3 is 1.95 bits per heavy atom. The Morgan fingerprint density at radius 1 is 0.900 bits per heavy atom. The molecule has 0 radical (unpaired) electrons. The minimum Gasteiger partial charge on any atom is -0.330 e. The summed E-state index contributed by atoms with van der Waals surface area (Å²) in [5.41, 5.74) is 0. The highest BCUT2D eigenvalue weighted by atomic mass is 16.7. The topological polar surface area (TPSA) is 101 Å². The van der Waals surface area contributed by atoms with E-state index in [1.165, 1.54) is 0 Å². The van der Waals surface area contributed by atoms with E-state index in [1.807, 2.05) is 0 Å². The molecular formula is C12H10N2O6. The zero-order valence-corrected chi connectivity index (χ0v) is 10.3. The van der Waals surface area contributed by atoms with Crippen molar-refractivity contribution in [3.05, 3.63) is 24.3 Å². The lowest BCUT2D eigenvalue weighted by molar-refractivity contribution is -0.196. The third-order valence-electron chi connectivity index (χ3n) is 2.63. The molecule has 0 spiro atoms. The molecule has 104 valence electrons. The van der Waals surface area contributed by atoms with Gasteiger partial charge in [0.2, 0.25) is 0 Å². The van der Waals surface area contributed by atoms with Gasteiger partial charge in [0.15, 0.2) is 0 Å². The summed E-state index contributed by atoms with van der Waals surface area (Å²) in [6.07, 6.45) is 4.32. The SMILES string of the molecule is O=C(CCCN1C(=O)C=CC1=O)ON1C(=O)C=CC1=O. The van der Waals surface area contributed by atoms with Crippen molar-refractivity contribution in [1.29, 1.82) is 0 Å². The summed E-state index contributed by atoms with van der Waals surface area (Å²) in [4.78, 5) is 61.7. The van der Waals surface area contributed by atoms with Gasteiger partial charge in [-0.2, -0.15) is 0 Å². The number of amides is 4. The molecule has 8 heteroatoms. The van der Waals surface area contributed by atoms with Crippen LogP contribution in [-0.4, -0.2) is 46.1 Å². The molecule has 4 amide bonds. The normalized spacial score (nSPS) is 17.6. The molecule has 2 aliphatic rings. The van der Waals surface area contributed by atoms with E-state index in [0.29, 0.717) is 5.06 Å². The summed E-state index contributed by atoms with van der Waals surface area (Å²) < 4.78 is 0. The highest BCUT2D eigenvalue weighted by Crippen LogP contribution is 2.08. The van der Waals surface area contributed by atoms with E-state index in [4.69, 9.17) is 0 Å². The zero-order valence-electron chi connectivity index (χ0n) is 10.3. The second-order valence-electron chi connectivity index (χ2n) is 4.03. The van der Waals surface area contributed by atoms with E-state index >= 15 is 0 Å². The molecule has 0 saturated carbocycles. The van der Waals surface area contributed by atoms with Gasteiger partial charge < -0.3 is 4.84 Å².